The lowest BCUT2D eigenvalue weighted by Crippen LogP contribution is -2.39. The minimum absolute atomic E-state index is 0.0438. The number of amides is 1. The number of halogens is 2. The molecule has 7 heteroatoms. The summed E-state index contributed by atoms with van der Waals surface area (Å²) in [5.74, 6) is -1.13. The summed E-state index contributed by atoms with van der Waals surface area (Å²) < 4.78 is 27.0. The van der Waals surface area contributed by atoms with Crippen molar-refractivity contribution in [2.45, 2.75) is 18.8 Å². The predicted molar refractivity (Wildman–Crippen MR) is 96.1 cm³/mol. The van der Waals surface area contributed by atoms with Gasteiger partial charge < -0.3 is 4.90 Å². The number of likely N-dealkylation sites (tertiary alicyclic amines) is 1. The van der Waals surface area contributed by atoms with Crippen molar-refractivity contribution in [3.05, 3.63) is 71.7 Å². The molecule has 1 atom stereocenters. The van der Waals surface area contributed by atoms with Gasteiger partial charge in [0.05, 0.1) is 17.5 Å². The average molecular weight is 368 g/mol. The third-order valence-electron chi connectivity index (χ3n) is 4.89. The van der Waals surface area contributed by atoms with E-state index in [2.05, 4.69) is 15.2 Å². The molecule has 1 fully saturated rings. The van der Waals surface area contributed by atoms with E-state index in [1.165, 1.54) is 24.4 Å². The van der Waals surface area contributed by atoms with E-state index in [1.54, 1.807) is 17.0 Å². The maximum atomic E-state index is 13.9. The number of rotatable bonds is 3. The molecule has 1 aliphatic rings. The first kappa shape index (κ1) is 17.3. The maximum Gasteiger partial charge on any atom is 0.256 e. The molecule has 3 heterocycles. The Labute approximate surface area is 155 Å². The third kappa shape index (κ3) is 3.58. The summed E-state index contributed by atoms with van der Waals surface area (Å²) in [6.45, 7) is 1.09. The molecular weight excluding hydrogens is 350 g/mol. The summed E-state index contributed by atoms with van der Waals surface area (Å²) in [5.41, 5.74) is 2.51. The van der Waals surface area contributed by atoms with Gasteiger partial charge >= 0.3 is 0 Å². The number of nitrogens with zero attached hydrogens (tertiary/aromatic N) is 3. The van der Waals surface area contributed by atoms with Crippen LogP contribution in [0.1, 0.15) is 34.8 Å². The molecule has 1 amide bonds. The molecule has 27 heavy (non-hydrogen) atoms. The highest BCUT2D eigenvalue weighted by atomic mass is 19.1. The average Bonchev–Trinajstić information content (AvgIpc) is 3.19. The molecule has 1 aromatic carbocycles. The Hall–Kier alpha value is -3.09. The topological polar surface area (TPSA) is 61.9 Å². The second kappa shape index (κ2) is 7.26. The normalized spacial score (nSPS) is 17.1. The van der Waals surface area contributed by atoms with E-state index >= 15 is 0 Å². The number of aromatic amines is 1. The van der Waals surface area contributed by atoms with Gasteiger partial charge in [0.25, 0.3) is 5.91 Å². The number of piperidine rings is 1. The van der Waals surface area contributed by atoms with Gasteiger partial charge in [0, 0.05) is 36.5 Å². The van der Waals surface area contributed by atoms with E-state index in [0.29, 0.717) is 13.1 Å². The van der Waals surface area contributed by atoms with Gasteiger partial charge in [0.1, 0.15) is 5.82 Å². The summed E-state index contributed by atoms with van der Waals surface area (Å²) in [6.07, 6.45) is 4.21. The van der Waals surface area contributed by atoms with Crippen LogP contribution in [0, 0.1) is 11.6 Å². The Morgan fingerprint density at radius 3 is 2.78 bits per heavy atom. The lowest BCUT2D eigenvalue weighted by Gasteiger charge is -2.32. The molecule has 1 aliphatic heterocycles. The smallest absolute Gasteiger partial charge is 0.256 e. The monoisotopic (exact) mass is 368 g/mol. The summed E-state index contributed by atoms with van der Waals surface area (Å²) in [4.78, 5) is 18.0. The summed E-state index contributed by atoms with van der Waals surface area (Å²) in [5, 5.41) is 7.35. The van der Waals surface area contributed by atoms with Crippen LogP contribution in [-0.4, -0.2) is 39.1 Å². The number of carbonyl (C=O) groups is 1. The summed E-state index contributed by atoms with van der Waals surface area (Å²) in [7, 11) is 0. The number of pyridine rings is 1. The van der Waals surface area contributed by atoms with Gasteiger partial charge in [-0.1, -0.05) is 0 Å². The van der Waals surface area contributed by atoms with Gasteiger partial charge in [-0.25, -0.2) is 8.78 Å². The summed E-state index contributed by atoms with van der Waals surface area (Å²) in [6, 6.07) is 9.49. The van der Waals surface area contributed by atoms with Gasteiger partial charge in [-0.05, 0) is 49.2 Å². The second-order valence-electron chi connectivity index (χ2n) is 6.66. The van der Waals surface area contributed by atoms with Crippen LogP contribution in [-0.2, 0) is 0 Å². The van der Waals surface area contributed by atoms with E-state index in [-0.39, 0.29) is 23.2 Å². The van der Waals surface area contributed by atoms with Crippen molar-refractivity contribution in [3.8, 4) is 11.3 Å². The van der Waals surface area contributed by atoms with Crippen LogP contribution in [0.15, 0.2) is 48.8 Å². The van der Waals surface area contributed by atoms with Gasteiger partial charge in [-0.3, -0.25) is 14.9 Å². The lowest BCUT2D eigenvalue weighted by atomic mass is 9.94. The van der Waals surface area contributed by atoms with Crippen molar-refractivity contribution in [2.75, 3.05) is 13.1 Å². The fourth-order valence-corrected chi connectivity index (χ4v) is 3.45. The lowest BCUT2D eigenvalue weighted by molar-refractivity contribution is 0.0701. The molecule has 4 rings (SSSR count). The Morgan fingerprint density at radius 2 is 2.00 bits per heavy atom. The highest BCUT2D eigenvalue weighted by molar-refractivity contribution is 5.94. The second-order valence-corrected chi connectivity index (χ2v) is 6.66. The standard InChI is InChI=1S/C20H18F2N4O/c21-15-5-3-13(4-6-15)18-10-19(25-24-18)14-2-1-9-26(12-14)20(27)16-7-8-23-11-17(16)22/h3-8,10-11,14H,1-2,9,12H2,(H,24,25)/t14-/m0/s1. The molecular formula is C20H18F2N4O. The molecule has 0 saturated carbocycles. The fraction of sp³-hybridized carbons (Fsp3) is 0.250. The van der Waals surface area contributed by atoms with Gasteiger partial charge in [-0.15, -0.1) is 0 Å². The van der Waals surface area contributed by atoms with E-state index < -0.39 is 5.82 Å². The molecule has 2 aromatic heterocycles. The number of H-pyrrole nitrogens is 1. The molecule has 3 aromatic rings. The first-order valence-electron chi connectivity index (χ1n) is 8.82. The van der Waals surface area contributed by atoms with Crippen LogP contribution >= 0.6 is 0 Å². The molecule has 0 radical (unpaired) electrons. The molecule has 1 saturated heterocycles. The van der Waals surface area contributed by atoms with Crippen molar-refractivity contribution in [2.24, 2.45) is 0 Å². The predicted octanol–water partition coefficient (Wildman–Crippen LogP) is 3.77. The summed E-state index contributed by atoms with van der Waals surface area (Å²) >= 11 is 0. The number of benzene rings is 1. The fourth-order valence-electron chi connectivity index (χ4n) is 3.45. The number of hydrogen-bond acceptors (Lipinski definition) is 3. The molecule has 0 spiro atoms. The quantitative estimate of drug-likeness (QED) is 0.766. The van der Waals surface area contributed by atoms with E-state index in [4.69, 9.17) is 0 Å². The minimum Gasteiger partial charge on any atom is -0.338 e. The SMILES string of the molecule is O=C(c1ccncc1F)N1CCC[C@H](c2cc(-c3ccc(F)cc3)n[nH]2)C1. The van der Waals surface area contributed by atoms with Gasteiger partial charge in [0.2, 0.25) is 0 Å². The number of carbonyl (C=O) groups excluding carboxylic acids is 1. The Morgan fingerprint density at radius 1 is 1.19 bits per heavy atom. The van der Waals surface area contributed by atoms with E-state index in [0.717, 1.165) is 36.0 Å². The van der Waals surface area contributed by atoms with E-state index in [1.807, 2.05) is 6.07 Å². The van der Waals surface area contributed by atoms with Gasteiger partial charge in [-0.2, -0.15) is 5.10 Å². The Balaban J connectivity index is 1.51. The Bertz CT molecular complexity index is 955. The third-order valence-corrected chi connectivity index (χ3v) is 4.89. The molecule has 1 N–H and O–H groups in total. The zero-order chi connectivity index (χ0) is 18.8. The highest BCUT2D eigenvalue weighted by Gasteiger charge is 2.28. The van der Waals surface area contributed by atoms with Crippen molar-refractivity contribution >= 4 is 5.91 Å². The number of aromatic nitrogens is 3. The Kier molecular flexibility index (Phi) is 4.66. The van der Waals surface area contributed by atoms with Gasteiger partial charge in [0.15, 0.2) is 5.82 Å². The first-order valence-corrected chi connectivity index (χ1v) is 8.82. The van der Waals surface area contributed by atoms with Crippen LogP contribution < -0.4 is 0 Å². The van der Waals surface area contributed by atoms with Crippen molar-refractivity contribution in [1.82, 2.24) is 20.1 Å². The maximum absolute atomic E-state index is 13.9. The highest BCUT2D eigenvalue weighted by Crippen LogP contribution is 2.29. The molecule has 5 nitrogen and oxygen atoms in total. The van der Waals surface area contributed by atoms with E-state index in [9.17, 15) is 13.6 Å². The van der Waals surface area contributed by atoms with Crippen molar-refractivity contribution in [1.29, 1.82) is 0 Å². The zero-order valence-corrected chi connectivity index (χ0v) is 14.5. The molecule has 138 valence electrons. The van der Waals surface area contributed by atoms with Crippen LogP contribution in [0.4, 0.5) is 8.78 Å². The van der Waals surface area contributed by atoms with Crippen LogP contribution in [0.25, 0.3) is 11.3 Å². The van der Waals surface area contributed by atoms with Crippen LogP contribution in [0.2, 0.25) is 0 Å². The molecule has 0 unspecified atom stereocenters. The largest absolute Gasteiger partial charge is 0.338 e. The first-order chi connectivity index (χ1) is 13.1. The van der Waals surface area contributed by atoms with Crippen molar-refractivity contribution in [3.63, 3.8) is 0 Å². The number of nitrogens with one attached hydrogen (secondary N) is 1. The molecule has 0 aliphatic carbocycles. The van der Waals surface area contributed by atoms with Crippen LogP contribution in [0.3, 0.4) is 0 Å². The van der Waals surface area contributed by atoms with Crippen LogP contribution in [0.5, 0.6) is 0 Å². The molecule has 0 bridgehead atoms. The van der Waals surface area contributed by atoms with Crippen molar-refractivity contribution < 1.29 is 13.6 Å². The minimum atomic E-state index is -0.607. The number of hydrogen-bond donors (Lipinski definition) is 1. The zero-order valence-electron chi connectivity index (χ0n) is 14.5.